The van der Waals surface area contributed by atoms with E-state index in [-0.39, 0.29) is 0 Å². The van der Waals surface area contributed by atoms with Crippen molar-refractivity contribution in [3.8, 4) is 22.8 Å². The predicted molar refractivity (Wildman–Crippen MR) is 85.7 cm³/mol. The van der Waals surface area contributed by atoms with E-state index >= 15 is 0 Å². The summed E-state index contributed by atoms with van der Waals surface area (Å²) < 4.78 is 6.11. The van der Waals surface area contributed by atoms with Gasteiger partial charge in [0.15, 0.2) is 0 Å². The van der Waals surface area contributed by atoms with E-state index in [1.165, 1.54) is 0 Å². The Hall–Kier alpha value is -2.61. The highest BCUT2D eigenvalue weighted by Crippen LogP contribution is 2.36. The second-order valence-corrected chi connectivity index (χ2v) is 5.04. The summed E-state index contributed by atoms with van der Waals surface area (Å²) >= 11 is 0. The monoisotopic (exact) mass is 275 g/mol. The van der Waals surface area contributed by atoms with Gasteiger partial charge in [0.25, 0.3) is 0 Å². The van der Waals surface area contributed by atoms with Crippen LogP contribution < -0.4 is 4.74 Å². The van der Waals surface area contributed by atoms with Crippen molar-refractivity contribution >= 4 is 0 Å². The van der Waals surface area contributed by atoms with Crippen LogP contribution in [-0.2, 0) is 0 Å². The van der Waals surface area contributed by atoms with Crippen LogP contribution in [0.1, 0.15) is 11.1 Å². The van der Waals surface area contributed by atoms with Crippen LogP contribution in [0, 0.1) is 13.8 Å². The Morgan fingerprint density at radius 1 is 0.762 bits per heavy atom. The molecule has 3 rings (SSSR count). The number of nitrogens with zero attached hydrogens (tertiary/aromatic N) is 1. The van der Waals surface area contributed by atoms with Crippen LogP contribution in [0.2, 0.25) is 0 Å². The van der Waals surface area contributed by atoms with Gasteiger partial charge in [0.1, 0.15) is 11.5 Å². The molecule has 3 aromatic rings. The van der Waals surface area contributed by atoms with Crippen molar-refractivity contribution in [1.29, 1.82) is 0 Å². The molecular formula is C19H17NO. The molecule has 2 nitrogen and oxygen atoms in total. The van der Waals surface area contributed by atoms with Gasteiger partial charge in [0, 0.05) is 11.8 Å². The van der Waals surface area contributed by atoms with Crippen LogP contribution in [0.3, 0.4) is 0 Å². The van der Waals surface area contributed by atoms with Crippen molar-refractivity contribution in [2.45, 2.75) is 13.8 Å². The number of aryl methyl sites for hydroxylation is 2. The number of aromatic nitrogens is 1. The number of hydrogen-bond donors (Lipinski definition) is 0. The van der Waals surface area contributed by atoms with Crippen molar-refractivity contribution < 1.29 is 4.74 Å². The van der Waals surface area contributed by atoms with Gasteiger partial charge in [-0.05, 0) is 49.2 Å². The number of pyridine rings is 1. The van der Waals surface area contributed by atoms with Crippen molar-refractivity contribution in [2.24, 2.45) is 0 Å². The molecule has 0 amide bonds. The average Bonchev–Trinajstić information content (AvgIpc) is 2.51. The topological polar surface area (TPSA) is 22.1 Å². The number of hydrogen-bond acceptors (Lipinski definition) is 2. The fourth-order valence-electron chi connectivity index (χ4n) is 2.35. The largest absolute Gasteiger partial charge is 0.456 e. The molecule has 0 fully saturated rings. The van der Waals surface area contributed by atoms with E-state index in [1.807, 2.05) is 48.7 Å². The molecule has 0 aliphatic rings. The summed E-state index contributed by atoms with van der Waals surface area (Å²) in [5.41, 5.74) is 4.23. The zero-order valence-corrected chi connectivity index (χ0v) is 12.2. The molecule has 1 aromatic heterocycles. The Morgan fingerprint density at radius 2 is 1.52 bits per heavy atom. The average molecular weight is 275 g/mol. The molecule has 0 radical (unpaired) electrons. The number of para-hydroxylation sites is 2. The summed E-state index contributed by atoms with van der Waals surface area (Å²) in [7, 11) is 0. The first-order valence-electron chi connectivity index (χ1n) is 7.00. The molecule has 0 aliphatic heterocycles. The second kappa shape index (κ2) is 5.80. The van der Waals surface area contributed by atoms with Crippen LogP contribution in [0.4, 0.5) is 0 Å². The van der Waals surface area contributed by atoms with Gasteiger partial charge in [0.05, 0.1) is 5.69 Å². The molecule has 0 unspecified atom stereocenters. The lowest BCUT2D eigenvalue weighted by atomic mass is 10.0. The van der Waals surface area contributed by atoms with Gasteiger partial charge in [-0.3, -0.25) is 4.98 Å². The molecule has 0 atom stereocenters. The van der Waals surface area contributed by atoms with Gasteiger partial charge in [0.2, 0.25) is 0 Å². The summed E-state index contributed by atoms with van der Waals surface area (Å²) in [5, 5.41) is 0. The Bertz CT molecular complexity index is 751. The molecule has 0 bridgehead atoms. The van der Waals surface area contributed by atoms with E-state index < -0.39 is 0 Å². The maximum atomic E-state index is 6.11. The van der Waals surface area contributed by atoms with Crippen molar-refractivity contribution in [3.63, 3.8) is 0 Å². The smallest absolute Gasteiger partial charge is 0.139 e. The molecule has 1 heterocycles. The normalized spacial score (nSPS) is 10.4. The summed E-state index contributed by atoms with van der Waals surface area (Å²) in [6.07, 6.45) is 1.82. The molecule has 0 N–H and O–H groups in total. The van der Waals surface area contributed by atoms with Crippen LogP contribution in [0.5, 0.6) is 11.5 Å². The first-order valence-corrected chi connectivity index (χ1v) is 7.00. The fraction of sp³-hybridized carbons (Fsp3) is 0.105. The van der Waals surface area contributed by atoms with E-state index in [0.717, 1.165) is 33.9 Å². The highest BCUT2D eigenvalue weighted by atomic mass is 16.5. The molecule has 0 spiro atoms. The Morgan fingerprint density at radius 3 is 2.29 bits per heavy atom. The summed E-state index contributed by atoms with van der Waals surface area (Å²) in [4.78, 5) is 4.51. The molecule has 2 aromatic carbocycles. The molecular weight excluding hydrogens is 258 g/mol. The van der Waals surface area contributed by atoms with Crippen LogP contribution in [0.15, 0.2) is 66.9 Å². The van der Waals surface area contributed by atoms with Gasteiger partial charge in [-0.15, -0.1) is 0 Å². The van der Waals surface area contributed by atoms with E-state index in [2.05, 4.69) is 37.0 Å². The van der Waals surface area contributed by atoms with E-state index in [9.17, 15) is 0 Å². The van der Waals surface area contributed by atoms with Gasteiger partial charge in [-0.25, -0.2) is 0 Å². The minimum atomic E-state index is 0.835. The summed E-state index contributed by atoms with van der Waals surface area (Å²) in [5.74, 6) is 1.70. The van der Waals surface area contributed by atoms with Crippen molar-refractivity contribution in [2.75, 3.05) is 0 Å². The van der Waals surface area contributed by atoms with E-state index in [4.69, 9.17) is 4.74 Å². The van der Waals surface area contributed by atoms with Crippen LogP contribution in [-0.4, -0.2) is 4.98 Å². The van der Waals surface area contributed by atoms with Gasteiger partial charge < -0.3 is 4.74 Å². The van der Waals surface area contributed by atoms with Crippen LogP contribution in [0.25, 0.3) is 11.3 Å². The SMILES string of the molecule is Cc1cccnc1-c1cccc(C)c1Oc1ccccc1. The highest BCUT2D eigenvalue weighted by Gasteiger charge is 2.12. The quantitative estimate of drug-likeness (QED) is 0.659. The zero-order valence-electron chi connectivity index (χ0n) is 12.2. The third kappa shape index (κ3) is 2.79. The molecule has 0 saturated carbocycles. The highest BCUT2D eigenvalue weighted by molar-refractivity contribution is 5.72. The molecule has 104 valence electrons. The predicted octanol–water partition coefficient (Wildman–Crippen LogP) is 5.16. The standard InChI is InChI=1S/C19H17NO/c1-14-9-7-13-20-18(14)17-12-6-8-15(2)19(17)21-16-10-4-3-5-11-16/h3-13H,1-2H3. The first kappa shape index (κ1) is 13.4. The Kier molecular flexibility index (Phi) is 3.69. The van der Waals surface area contributed by atoms with Gasteiger partial charge in [-0.2, -0.15) is 0 Å². The lowest BCUT2D eigenvalue weighted by molar-refractivity contribution is 0.480. The second-order valence-electron chi connectivity index (χ2n) is 5.04. The summed E-state index contributed by atoms with van der Waals surface area (Å²) in [6.45, 7) is 4.12. The van der Waals surface area contributed by atoms with Gasteiger partial charge in [-0.1, -0.05) is 36.4 Å². The number of ether oxygens (including phenoxy) is 1. The number of rotatable bonds is 3. The third-order valence-electron chi connectivity index (χ3n) is 3.44. The Labute approximate surface area is 125 Å². The molecule has 0 saturated heterocycles. The van der Waals surface area contributed by atoms with Crippen molar-refractivity contribution in [1.82, 2.24) is 4.98 Å². The minimum absolute atomic E-state index is 0.835. The third-order valence-corrected chi connectivity index (χ3v) is 3.44. The van der Waals surface area contributed by atoms with Crippen molar-refractivity contribution in [3.05, 3.63) is 78.0 Å². The number of benzene rings is 2. The fourth-order valence-corrected chi connectivity index (χ4v) is 2.35. The Balaban J connectivity index is 2.10. The van der Waals surface area contributed by atoms with E-state index in [1.54, 1.807) is 0 Å². The lowest BCUT2D eigenvalue weighted by Gasteiger charge is -2.14. The molecule has 21 heavy (non-hydrogen) atoms. The van der Waals surface area contributed by atoms with Gasteiger partial charge >= 0.3 is 0 Å². The zero-order chi connectivity index (χ0) is 14.7. The molecule has 0 aliphatic carbocycles. The van der Waals surface area contributed by atoms with E-state index in [0.29, 0.717) is 0 Å². The maximum Gasteiger partial charge on any atom is 0.139 e. The summed E-state index contributed by atoms with van der Waals surface area (Å²) in [6, 6.07) is 20.0. The minimum Gasteiger partial charge on any atom is -0.456 e. The maximum absolute atomic E-state index is 6.11. The first-order chi connectivity index (χ1) is 10.3. The van der Waals surface area contributed by atoms with Crippen LogP contribution >= 0.6 is 0 Å². The lowest BCUT2D eigenvalue weighted by Crippen LogP contribution is -1.94. The molecule has 2 heteroatoms.